The van der Waals surface area contributed by atoms with Gasteiger partial charge in [-0.3, -0.25) is 4.79 Å². The van der Waals surface area contributed by atoms with Gasteiger partial charge in [0.25, 0.3) is 5.91 Å². The summed E-state index contributed by atoms with van der Waals surface area (Å²) < 4.78 is 1.88. The first-order chi connectivity index (χ1) is 13.5. The Hall–Kier alpha value is -2.51. The summed E-state index contributed by atoms with van der Waals surface area (Å²) in [5.41, 5.74) is 3.47. The number of amides is 1. The molecule has 2 N–H and O–H groups in total. The van der Waals surface area contributed by atoms with Crippen molar-refractivity contribution in [2.24, 2.45) is 0 Å². The Morgan fingerprint density at radius 2 is 2.25 bits per heavy atom. The molecule has 4 heterocycles. The predicted octanol–water partition coefficient (Wildman–Crippen LogP) is 3.70. The Morgan fingerprint density at radius 1 is 1.39 bits per heavy atom. The van der Waals surface area contributed by atoms with Gasteiger partial charge >= 0.3 is 0 Å². The van der Waals surface area contributed by atoms with Crippen LogP contribution < -0.4 is 10.6 Å². The SMILES string of the molecule is Cc1ccc(-c2cc(C(=O)NCC3=CCNCC3)c3cnn(C(C)C)c3n2)s1. The highest BCUT2D eigenvalue weighted by Gasteiger charge is 2.19. The van der Waals surface area contributed by atoms with E-state index in [9.17, 15) is 4.79 Å². The number of pyridine rings is 1. The summed E-state index contributed by atoms with van der Waals surface area (Å²) in [6.07, 6.45) is 4.88. The Morgan fingerprint density at radius 3 is 2.93 bits per heavy atom. The molecule has 28 heavy (non-hydrogen) atoms. The number of hydrogen-bond acceptors (Lipinski definition) is 5. The highest BCUT2D eigenvalue weighted by atomic mass is 32.1. The monoisotopic (exact) mass is 395 g/mol. The van der Waals surface area contributed by atoms with Crippen LogP contribution in [0.2, 0.25) is 0 Å². The van der Waals surface area contributed by atoms with Crippen LogP contribution in [0.3, 0.4) is 0 Å². The number of fused-ring (bicyclic) bond motifs is 1. The van der Waals surface area contributed by atoms with Crippen molar-refractivity contribution in [2.75, 3.05) is 19.6 Å². The van der Waals surface area contributed by atoms with Crippen molar-refractivity contribution in [1.82, 2.24) is 25.4 Å². The van der Waals surface area contributed by atoms with Gasteiger partial charge in [-0.2, -0.15) is 5.10 Å². The maximum absolute atomic E-state index is 13.1. The van der Waals surface area contributed by atoms with Gasteiger partial charge in [0.05, 0.1) is 27.7 Å². The van der Waals surface area contributed by atoms with Crippen LogP contribution in [0, 0.1) is 6.92 Å². The van der Waals surface area contributed by atoms with E-state index in [1.807, 2.05) is 10.7 Å². The molecule has 3 aromatic heterocycles. The second-order valence-corrected chi connectivity index (χ2v) is 8.67. The maximum atomic E-state index is 13.1. The van der Waals surface area contributed by atoms with Crippen molar-refractivity contribution >= 4 is 28.3 Å². The fourth-order valence-electron chi connectivity index (χ4n) is 3.40. The number of aryl methyl sites for hydroxylation is 1. The summed E-state index contributed by atoms with van der Waals surface area (Å²) in [6, 6.07) is 6.20. The Labute approximate surface area is 168 Å². The third-order valence-corrected chi connectivity index (χ3v) is 5.95. The van der Waals surface area contributed by atoms with Gasteiger partial charge in [0.2, 0.25) is 0 Å². The molecular formula is C21H25N5OS. The molecule has 1 aliphatic heterocycles. The number of thiophene rings is 1. The summed E-state index contributed by atoms with van der Waals surface area (Å²) in [5, 5.41) is 11.7. The first kappa shape index (κ1) is 18.8. The number of nitrogens with one attached hydrogen (secondary N) is 2. The van der Waals surface area contributed by atoms with E-state index in [4.69, 9.17) is 4.98 Å². The molecule has 0 spiro atoms. The maximum Gasteiger partial charge on any atom is 0.252 e. The van der Waals surface area contributed by atoms with E-state index in [2.05, 4.69) is 54.7 Å². The van der Waals surface area contributed by atoms with Gasteiger partial charge in [-0.15, -0.1) is 11.3 Å². The van der Waals surface area contributed by atoms with Gasteiger partial charge in [-0.1, -0.05) is 11.6 Å². The van der Waals surface area contributed by atoms with Crippen LogP contribution in [-0.2, 0) is 0 Å². The molecule has 0 radical (unpaired) electrons. The highest BCUT2D eigenvalue weighted by Crippen LogP contribution is 2.30. The number of rotatable bonds is 5. The third kappa shape index (κ3) is 3.72. The van der Waals surface area contributed by atoms with Crippen molar-refractivity contribution in [3.8, 4) is 10.6 Å². The van der Waals surface area contributed by atoms with E-state index in [0.717, 1.165) is 41.1 Å². The molecule has 7 heteroatoms. The molecule has 0 saturated heterocycles. The summed E-state index contributed by atoms with van der Waals surface area (Å²) in [4.78, 5) is 20.2. The average Bonchev–Trinajstić information content (AvgIpc) is 3.32. The van der Waals surface area contributed by atoms with Gasteiger partial charge in [0.1, 0.15) is 0 Å². The lowest BCUT2D eigenvalue weighted by molar-refractivity contribution is 0.0958. The van der Waals surface area contributed by atoms with E-state index < -0.39 is 0 Å². The zero-order valence-corrected chi connectivity index (χ0v) is 17.3. The zero-order chi connectivity index (χ0) is 19.7. The molecule has 3 aromatic rings. The lowest BCUT2D eigenvalue weighted by atomic mass is 10.1. The van der Waals surface area contributed by atoms with E-state index in [-0.39, 0.29) is 11.9 Å². The minimum atomic E-state index is -0.0790. The summed E-state index contributed by atoms with van der Waals surface area (Å²) in [7, 11) is 0. The van der Waals surface area contributed by atoms with Crippen molar-refractivity contribution in [3.05, 3.63) is 46.5 Å². The fourth-order valence-corrected chi connectivity index (χ4v) is 4.23. The quantitative estimate of drug-likeness (QED) is 0.646. The highest BCUT2D eigenvalue weighted by molar-refractivity contribution is 7.15. The molecule has 6 nitrogen and oxygen atoms in total. The minimum Gasteiger partial charge on any atom is -0.348 e. The first-order valence-electron chi connectivity index (χ1n) is 9.65. The van der Waals surface area contributed by atoms with E-state index in [1.54, 1.807) is 17.5 Å². The number of nitrogens with zero attached hydrogens (tertiary/aromatic N) is 3. The Kier molecular flexibility index (Phi) is 5.28. The first-order valence-corrected chi connectivity index (χ1v) is 10.5. The molecule has 0 bridgehead atoms. The second-order valence-electron chi connectivity index (χ2n) is 7.38. The van der Waals surface area contributed by atoms with Crippen molar-refractivity contribution < 1.29 is 4.79 Å². The van der Waals surface area contributed by atoms with Crippen LogP contribution in [0.15, 0.2) is 36.0 Å². The largest absolute Gasteiger partial charge is 0.348 e. The molecule has 0 aliphatic carbocycles. The lowest BCUT2D eigenvalue weighted by Gasteiger charge is -2.15. The van der Waals surface area contributed by atoms with Gasteiger partial charge < -0.3 is 10.6 Å². The second kappa shape index (κ2) is 7.85. The number of hydrogen-bond donors (Lipinski definition) is 2. The van der Waals surface area contributed by atoms with Crippen molar-refractivity contribution in [2.45, 2.75) is 33.2 Å². The summed E-state index contributed by atoms with van der Waals surface area (Å²) in [6.45, 7) is 8.62. The smallest absolute Gasteiger partial charge is 0.252 e. The van der Waals surface area contributed by atoms with E-state index in [0.29, 0.717) is 12.1 Å². The van der Waals surface area contributed by atoms with Gasteiger partial charge in [0, 0.05) is 24.0 Å². The molecule has 146 valence electrons. The van der Waals surface area contributed by atoms with E-state index in [1.165, 1.54) is 10.5 Å². The summed E-state index contributed by atoms with van der Waals surface area (Å²) in [5.74, 6) is -0.0790. The number of carbonyl (C=O) groups is 1. The molecule has 0 unspecified atom stereocenters. The zero-order valence-electron chi connectivity index (χ0n) is 16.5. The lowest BCUT2D eigenvalue weighted by Crippen LogP contribution is -2.29. The van der Waals surface area contributed by atoms with Gasteiger partial charge in [-0.05, 0) is 51.9 Å². The molecule has 0 aromatic carbocycles. The molecule has 0 fully saturated rings. The number of aromatic nitrogens is 3. The molecular weight excluding hydrogens is 370 g/mol. The standard InChI is InChI=1S/C21H25N5OS/c1-13(2)26-20-17(12-24-26)16(10-18(25-20)19-5-4-14(3)28-19)21(27)23-11-15-6-8-22-9-7-15/h4-6,10,12-13,22H,7-9,11H2,1-3H3,(H,23,27). The van der Waals surface area contributed by atoms with Crippen LogP contribution in [0.4, 0.5) is 0 Å². The fraction of sp³-hybridized carbons (Fsp3) is 0.381. The van der Waals surface area contributed by atoms with Gasteiger partial charge in [0.15, 0.2) is 5.65 Å². The third-order valence-electron chi connectivity index (χ3n) is 4.93. The van der Waals surface area contributed by atoms with Crippen LogP contribution in [-0.4, -0.2) is 40.3 Å². The Balaban J connectivity index is 1.73. The van der Waals surface area contributed by atoms with Crippen LogP contribution >= 0.6 is 11.3 Å². The molecule has 4 rings (SSSR count). The Bertz CT molecular complexity index is 1050. The predicted molar refractivity (Wildman–Crippen MR) is 114 cm³/mol. The molecule has 1 aliphatic rings. The molecule has 0 saturated carbocycles. The molecule has 1 amide bonds. The van der Waals surface area contributed by atoms with Gasteiger partial charge in [-0.25, -0.2) is 9.67 Å². The van der Waals surface area contributed by atoms with E-state index >= 15 is 0 Å². The summed E-state index contributed by atoms with van der Waals surface area (Å²) >= 11 is 1.68. The number of carbonyl (C=O) groups excluding carboxylic acids is 1. The van der Waals surface area contributed by atoms with Crippen LogP contribution in [0.1, 0.15) is 41.5 Å². The minimum absolute atomic E-state index is 0.0790. The average molecular weight is 396 g/mol. The van der Waals surface area contributed by atoms with Crippen molar-refractivity contribution in [3.63, 3.8) is 0 Å². The van der Waals surface area contributed by atoms with Crippen LogP contribution in [0.25, 0.3) is 21.6 Å². The topological polar surface area (TPSA) is 71.8 Å². The van der Waals surface area contributed by atoms with Crippen molar-refractivity contribution in [1.29, 1.82) is 0 Å². The normalized spacial score (nSPS) is 14.5. The molecule has 0 atom stereocenters. The van der Waals surface area contributed by atoms with Crippen LogP contribution in [0.5, 0.6) is 0 Å².